The zero-order valence-corrected chi connectivity index (χ0v) is 14.1. The fourth-order valence-corrected chi connectivity index (χ4v) is 3.15. The highest BCUT2D eigenvalue weighted by molar-refractivity contribution is 7.13. The van der Waals surface area contributed by atoms with Crippen molar-refractivity contribution in [3.8, 4) is 10.6 Å². The second-order valence-corrected chi connectivity index (χ2v) is 6.38. The molecule has 0 atom stereocenters. The van der Waals surface area contributed by atoms with Gasteiger partial charge >= 0.3 is 0 Å². The number of nitrogens with one attached hydrogen (secondary N) is 1. The number of carbonyl (C=O) groups excluding carboxylic acids is 1. The maximum atomic E-state index is 13.1. The molecule has 0 aliphatic rings. The molecule has 0 saturated carbocycles. The van der Waals surface area contributed by atoms with E-state index >= 15 is 0 Å². The number of aryl methyl sites for hydroxylation is 1. The van der Waals surface area contributed by atoms with Gasteiger partial charge in [0.15, 0.2) is 0 Å². The Morgan fingerprint density at radius 1 is 1.21 bits per heavy atom. The number of hydrogen-bond donors (Lipinski definition) is 1. The van der Waals surface area contributed by atoms with E-state index in [1.165, 1.54) is 23.8 Å². The zero-order valence-electron chi connectivity index (χ0n) is 13.3. The number of nitrogens with zero attached hydrogens (tertiary/aromatic N) is 1. The van der Waals surface area contributed by atoms with Crippen LogP contribution in [0.15, 0.2) is 53.9 Å². The van der Waals surface area contributed by atoms with Crippen molar-refractivity contribution in [2.24, 2.45) is 0 Å². The van der Waals surface area contributed by atoms with Gasteiger partial charge in [0, 0.05) is 29.5 Å². The zero-order chi connectivity index (χ0) is 16.9. The molecule has 122 valence electrons. The van der Waals surface area contributed by atoms with Gasteiger partial charge in [0.25, 0.3) is 5.91 Å². The lowest BCUT2D eigenvalue weighted by Gasteiger charge is -2.04. The van der Waals surface area contributed by atoms with E-state index in [-0.39, 0.29) is 5.91 Å². The molecule has 1 heterocycles. The molecule has 0 saturated heterocycles. The lowest BCUT2D eigenvalue weighted by molar-refractivity contribution is 0.0953. The van der Waals surface area contributed by atoms with Crippen molar-refractivity contribution in [1.82, 2.24) is 10.3 Å². The van der Waals surface area contributed by atoms with Gasteiger partial charge in [-0.25, -0.2) is 9.37 Å². The molecule has 24 heavy (non-hydrogen) atoms. The molecule has 0 fully saturated rings. The highest BCUT2D eigenvalue weighted by Gasteiger charge is 2.08. The first kappa shape index (κ1) is 16.3. The van der Waals surface area contributed by atoms with Crippen LogP contribution in [-0.2, 0) is 6.42 Å². The van der Waals surface area contributed by atoms with Crippen LogP contribution in [0.25, 0.3) is 10.6 Å². The molecule has 2 aromatic carbocycles. The Bertz CT molecular complexity index is 843. The fraction of sp³-hybridized carbons (Fsp3) is 0.158. The van der Waals surface area contributed by atoms with Gasteiger partial charge in [0.05, 0.1) is 5.69 Å². The summed E-state index contributed by atoms with van der Waals surface area (Å²) in [6.45, 7) is 2.52. The Morgan fingerprint density at radius 3 is 2.75 bits per heavy atom. The smallest absolute Gasteiger partial charge is 0.251 e. The predicted molar refractivity (Wildman–Crippen MR) is 94.7 cm³/mol. The highest BCUT2D eigenvalue weighted by atomic mass is 32.1. The third-order valence-electron chi connectivity index (χ3n) is 3.60. The molecule has 5 heteroatoms. The predicted octanol–water partition coefficient (Wildman–Crippen LogP) is 4.23. The Kier molecular flexibility index (Phi) is 5.01. The molecule has 0 radical (unpaired) electrons. The number of halogens is 1. The molecule has 0 spiro atoms. The average Bonchev–Trinajstić information content (AvgIpc) is 3.04. The van der Waals surface area contributed by atoms with Crippen molar-refractivity contribution in [2.45, 2.75) is 13.3 Å². The van der Waals surface area contributed by atoms with Gasteiger partial charge in [-0.2, -0.15) is 0 Å². The van der Waals surface area contributed by atoms with Gasteiger partial charge in [-0.1, -0.05) is 35.9 Å². The van der Waals surface area contributed by atoms with Gasteiger partial charge in [0.2, 0.25) is 0 Å². The largest absolute Gasteiger partial charge is 0.352 e. The SMILES string of the molecule is Cc1ccc(-c2nc(CCNC(=O)c3cccc(F)c3)cs2)cc1. The van der Waals surface area contributed by atoms with Gasteiger partial charge in [-0.15, -0.1) is 11.3 Å². The highest BCUT2D eigenvalue weighted by Crippen LogP contribution is 2.24. The van der Waals surface area contributed by atoms with Crippen molar-refractivity contribution in [3.05, 3.63) is 76.5 Å². The molecule has 0 unspecified atom stereocenters. The summed E-state index contributed by atoms with van der Waals surface area (Å²) in [4.78, 5) is 16.6. The Balaban J connectivity index is 1.56. The molecular weight excluding hydrogens is 323 g/mol. The molecule has 0 aliphatic heterocycles. The number of amides is 1. The molecule has 1 N–H and O–H groups in total. The van der Waals surface area contributed by atoms with Gasteiger partial charge in [-0.3, -0.25) is 4.79 Å². The maximum Gasteiger partial charge on any atom is 0.251 e. The van der Waals surface area contributed by atoms with E-state index in [0.29, 0.717) is 18.5 Å². The van der Waals surface area contributed by atoms with E-state index in [4.69, 9.17) is 0 Å². The standard InChI is InChI=1S/C19H17FN2OS/c1-13-5-7-14(8-6-13)19-22-17(12-24-19)9-10-21-18(23)15-3-2-4-16(20)11-15/h2-8,11-12H,9-10H2,1H3,(H,21,23). The molecule has 1 amide bonds. The third kappa shape index (κ3) is 4.06. The van der Waals surface area contributed by atoms with Crippen LogP contribution in [0.3, 0.4) is 0 Å². The number of benzene rings is 2. The summed E-state index contributed by atoms with van der Waals surface area (Å²) in [5.41, 5.74) is 3.58. The number of aromatic nitrogens is 1. The van der Waals surface area contributed by atoms with Crippen LogP contribution >= 0.6 is 11.3 Å². The first-order valence-electron chi connectivity index (χ1n) is 7.67. The Hall–Kier alpha value is -2.53. The monoisotopic (exact) mass is 340 g/mol. The number of thiazole rings is 1. The maximum absolute atomic E-state index is 13.1. The third-order valence-corrected chi connectivity index (χ3v) is 4.54. The summed E-state index contributed by atoms with van der Waals surface area (Å²) in [6, 6.07) is 13.9. The first-order chi connectivity index (χ1) is 11.6. The van der Waals surface area contributed by atoms with Crippen LogP contribution in [0.4, 0.5) is 4.39 Å². The molecule has 0 aliphatic carbocycles. The summed E-state index contributed by atoms with van der Waals surface area (Å²) in [5, 5.41) is 5.77. The van der Waals surface area contributed by atoms with E-state index in [9.17, 15) is 9.18 Å². The Morgan fingerprint density at radius 2 is 2.00 bits per heavy atom. The number of carbonyl (C=O) groups is 1. The summed E-state index contributed by atoms with van der Waals surface area (Å²) < 4.78 is 13.1. The lowest BCUT2D eigenvalue weighted by atomic mass is 10.2. The van der Waals surface area contributed by atoms with Crippen LogP contribution in [0.1, 0.15) is 21.6 Å². The Labute approximate surface area is 144 Å². The van der Waals surface area contributed by atoms with Crippen molar-refractivity contribution >= 4 is 17.2 Å². The topological polar surface area (TPSA) is 42.0 Å². The minimum atomic E-state index is -0.412. The van der Waals surface area contributed by atoms with E-state index in [1.807, 2.05) is 5.38 Å². The van der Waals surface area contributed by atoms with Crippen LogP contribution in [0, 0.1) is 12.7 Å². The van der Waals surface area contributed by atoms with Crippen LogP contribution in [-0.4, -0.2) is 17.4 Å². The van der Waals surface area contributed by atoms with Crippen molar-refractivity contribution in [3.63, 3.8) is 0 Å². The van der Waals surface area contributed by atoms with Crippen molar-refractivity contribution in [2.75, 3.05) is 6.54 Å². The normalized spacial score (nSPS) is 10.6. The van der Waals surface area contributed by atoms with Gasteiger partial charge in [0.1, 0.15) is 10.8 Å². The van der Waals surface area contributed by atoms with E-state index in [0.717, 1.165) is 16.3 Å². The van der Waals surface area contributed by atoms with E-state index < -0.39 is 5.82 Å². The van der Waals surface area contributed by atoms with Crippen molar-refractivity contribution < 1.29 is 9.18 Å². The number of hydrogen-bond acceptors (Lipinski definition) is 3. The molecule has 0 bridgehead atoms. The molecular formula is C19H17FN2OS. The molecule has 3 nitrogen and oxygen atoms in total. The second-order valence-electron chi connectivity index (χ2n) is 5.53. The number of rotatable bonds is 5. The second kappa shape index (κ2) is 7.36. The molecule has 1 aromatic heterocycles. The van der Waals surface area contributed by atoms with E-state index in [2.05, 4.69) is 41.5 Å². The summed E-state index contributed by atoms with van der Waals surface area (Å²) in [5.74, 6) is -0.687. The summed E-state index contributed by atoms with van der Waals surface area (Å²) in [7, 11) is 0. The lowest BCUT2D eigenvalue weighted by Crippen LogP contribution is -2.25. The van der Waals surface area contributed by atoms with Crippen LogP contribution in [0.2, 0.25) is 0 Å². The minimum Gasteiger partial charge on any atom is -0.352 e. The average molecular weight is 340 g/mol. The minimum absolute atomic E-state index is 0.275. The summed E-state index contributed by atoms with van der Waals surface area (Å²) in [6.07, 6.45) is 0.642. The van der Waals surface area contributed by atoms with Gasteiger partial charge < -0.3 is 5.32 Å². The van der Waals surface area contributed by atoms with Crippen molar-refractivity contribution in [1.29, 1.82) is 0 Å². The first-order valence-corrected chi connectivity index (χ1v) is 8.55. The molecule has 3 rings (SSSR count). The van der Waals surface area contributed by atoms with Crippen LogP contribution in [0.5, 0.6) is 0 Å². The van der Waals surface area contributed by atoms with E-state index in [1.54, 1.807) is 17.4 Å². The quantitative estimate of drug-likeness (QED) is 0.755. The van der Waals surface area contributed by atoms with Crippen LogP contribution < -0.4 is 5.32 Å². The summed E-state index contributed by atoms with van der Waals surface area (Å²) >= 11 is 1.59. The fourth-order valence-electron chi connectivity index (χ4n) is 2.29. The van der Waals surface area contributed by atoms with Gasteiger partial charge in [-0.05, 0) is 25.1 Å². The molecule has 3 aromatic rings.